The van der Waals surface area contributed by atoms with Crippen molar-refractivity contribution in [1.82, 2.24) is 4.90 Å². The summed E-state index contributed by atoms with van der Waals surface area (Å²) in [4.78, 5) is 32.9. The summed E-state index contributed by atoms with van der Waals surface area (Å²) in [5, 5.41) is 1.11. The molecule has 1 heterocycles. The number of alkyl halides is 3. The number of carbonyl (C=O) groups excluding carboxylic acids is 2. The highest BCUT2D eigenvalue weighted by Gasteiger charge is 2.34. The fourth-order valence-electron chi connectivity index (χ4n) is 3.40. The fraction of sp³-hybridized carbons (Fsp3) is 0.417. The first-order chi connectivity index (χ1) is 15.4. The van der Waals surface area contributed by atoms with Gasteiger partial charge in [0.1, 0.15) is 5.60 Å². The molecule has 0 atom stereocenters. The van der Waals surface area contributed by atoms with E-state index in [0.717, 1.165) is 17.2 Å². The highest BCUT2D eigenvalue weighted by atomic mass is 19.4. The summed E-state index contributed by atoms with van der Waals surface area (Å²) >= 11 is 0. The van der Waals surface area contributed by atoms with E-state index in [1.165, 1.54) is 12.1 Å². The minimum atomic E-state index is -4.46. The van der Waals surface area contributed by atoms with Crippen LogP contribution in [0.4, 0.5) is 23.7 Å². The van der Waals surface area contributed by atoms with Crippen LogP contribution >= 0.6 is 0 Å². The topological polar surface area (TPSA) is 59.1 Å². The smallest absolute Gasteiger partial charge is 0.416 e. The van der Waals surface area contributed by atoms with Crippen LogP contribution < -0.4 is 9.90 Å². The number of piperidine rings is 1. The predicted octanol–water partition coefficient (Wildman–Crippen LogP) is 5.68. The zero-order valence-electron chi connectivity index (χ0n) is 18.8. The highest BCUT2D eigenvalue weighted by molar-refractivity contribution is 5.93. The molecule has 1 aliphatic heterocycles. The molecule has 0 N–H and O–H groups in total. The van der Waals surface area contributed by atoms with Gasteiger partial charge in [-0.25, -0.2) is 4.79 Å². The quantitative estimate of drug-likeness (QED) is 0.547. The second kappa shape index (κ2) is 9.72. The maximum absolute atomic E-state index is 13.3. The van der Waals surface area contributed by atoms with Gasteiger partial charge in [-0.05, 0) is 70.0 Å². The molecule has 0 aromatic heterocycles. The number of para-hydroxylation sites is 1. The van der Waals surface area contributed by atoms with E-state index in [-0.39, 0.29) is 11.7 Å². The summed E-state index contributed by atoms with van der Waals surface area (Å²) in [6.45, 7) is 6.08. The van der Waals surface area contributed by atoms with Crippen LogP contribution in [0.1, 0.15) is 39.2 Å². The van der Waals surface area contributed by atoms with E-state index < -0.39 is 29.4 Å². The number of nitrogens with zero attached hydrogens (tertiary/aromatic N) is 2. The molecular weight excluding hydrogens is 437 g/mol. The van der Waals surface area contributed by atoms with Gasteiger partial charge in [-0.3, -0.25) is 4.79 Å². The molecule has 0 aliphatic carbocycles. The standard InChI is InChI=1S/C24H27F3N2O4/c1-23(2,3)32-22(31)28-15-13-17(14-16-28)21(30)29(19-7-5-4-6-8-19)33-20-11-9-18(10-12-20)24(25,26)27/h4-12,17H,13-16H2,1-3H3. The molecule has 0 saturated carbocycles. The SMILES string of the molecule is CC(C)(C)OC(=O)N1CCC(C(=O)N(Oc2ccc(C(F)(F)F)cc2)c2ccccc2)CC1. The molecule has 0 radical (unpaired) electrons. The van der Waals surface area contributed by atoms with Gasteiger partial charge in [-0.1, -0.05) is 18.2 Å². The van der Waals surface area contributed by atoms with Gasteiger partial charge in [0, 0.05) is 19.0 Å². The summed E-state index contributed by atoms with van der Waals surface area (Å²) in [5.41, 5.74) is -0.956. The second-order valence-corrected chi connectivity index (χ2v) is 8.82. The van der Waals surface area contributed by atoms with Crippen molar-refractivity contribution in [3.05, 3.63) is 60.2 Å². The fourth-order valence-corrected chi connectivity index (χ4v) is 3.40. The molecule has 9 heteroatoms. The molecular formula is C24H27F3N2O4. The summed E-state index contributed by atoms with van der Waals surface area (Å²) in [7, 11) is 0. The minimum Gasteiger partial charge on any atom is -0.444 e. The highest BCUT2D eigenvalue weighted by Crippen LogP contribution is 2.31. The number of likely N-dealkylation sites (tertiary alicyclic amines) is 1. The van der Waals surface area contributed by atoms with Gasteiger partial charge in [0.2, 0.25) is 0 Å². The zero-order valence-corrected chi connectivity index (χ0v) is 18.8. The predicted molar refractivity (Wildman–Crippen MR) is 117 cm³/mol. The lowest BCUT2D eigenvalue weighted by molar-refractivity contribution is -0.137. The van der Waals surface area contributed by atoms with Crippen molar-refractivity contribution in [2.24, 2.45) is 5.92 Å². The van der Waals surface area contributed by atoms with Crippen LogP contribution in [-0.2, 0) is 15.7 Å². The van der Waals surface area contributed by atoms with Crippen LogP contribution in [0.2, 0.25) is 0 Å². The van der Waals surface area contributed by atoms with E-state index >= 15 is 0 Å². The number of rotatable bonds is 4. The first-order valence-electron chi connectivity index (χ1n) is 10.7. The Balaban J connectivity index is 1.72. The lowest BCUT2D eigenvalue weighted by Gasteiger charge is -2.34. The third-order valence-electron chi connectivity index (χ3n) is 5.07. The van der Waals surface area contributed by atoms with Crippen molar-refractivity contribution in [3.63, 3.8) is 0 Å². The molecule has 0 bridgehead atoms. The lowest BCUT2D eigenvalue weighted by Crippen LogP contribution is -2.46. The van der Waals surface area contributed by atoms with Gasteiger partial charge >= 0.3 is 12.3 Å². The molecule has 6 nitrogen and oxygen atoms in total. The zero-order chi connectivity index (χ0) is 24.2. The average Bonchev–Trinajstić information content (AvgIpc) is 2.76. The number of benzene rings is 2. The largest absolute Gasteiger partial charge is 0.444 e. The molecule has 1 aliphatic rings. The third-order valence-corrected chi connectivity index (χ3v) is 5.07. The van der Waals surface area contributed by atoms with E-state index in [1.807, 2.05) is 0 Å². The van der Waals surface area contributed by atoms with Crippen LogP contribution in [0.25, 0.3) is 0 Å². The van der Waals surface area contributed by atoms with Crippen LogP contribution in [0.15, 0.2) is 54.6 Å². The van der Waals surface area contributed by atoms with Gasteiger partial charge in [-0.15, -0.1) is 5.06 Å². The molecule has 1 saturated heterocycles. The average molecular weight is 464 g/mol. The maximum Gasteiger partial charge on any atom is 0.416 e. The Morgan fingerprint density at radius 2 is 1.52 bits per heavy atom. The Morgan fingerprint density at radius 3 is 2.03 bits per heavy atom. The Hall–Kier alpha value is -3.23. The second-order valence-electron chi connectivity index (χ2n) is 8.82. The van der Waals surface area contributed by atoms with E-state index in [2.05, 4.69) is 0 Å². The van der Waals surface area contributed by atoms with Crippen LogP contribution in [0, 0.1) is 5.92 Å². The van der Waals surface area contributed by atoms with Crippen molar-refractivity contribution in [2.75, 3.05) is 18.2 Å². The Kier molecular flexibility index (Phi) is 7.19. The first kappa shape index (κ1) is 24.4. The molecule has 178 valence electrons. The lowest BCUT2D eigenvalue weighted by atomic mass is 9.96. The third kappa shape index (κ3) is 6.63. The summed E-state index contributed by atoms with van der Waals surface area (Å²) < 4.78 is 44.0. The number of hydrogen-bond donors (Lipinski definition) is 0. The summed E-state index contributed by atoms with van der Waals surface area (Å²) in [5.74, 6) is -0.644. The van der Waals surface area contributed by atoms with Crippen molar-refractivity contribution in [3.8, 4) is 5.75 Å². The van der Waals surface area contributed by atoms with E-state index in [4.69, 9.17) is 9.57 Å². The van der Waals surface area contributed by atoms with Gasteiger partial charge in [0.25, 0.3) is 5.91 Å². The van der Waals surface area contributed by atoms with Crippen molar-refractivity contribution in [2.45, 2.75) is 45.4 Å². The summed E-state index contributed by atoms with van der Waals surface area (Å²) in [6.07, 6.45) is -4.06. The van der Waals surface area contributed by atoms with Crippen LogP contribution in [0.3, 0.4) is 0 Å². The van der Waals surface area contributed by atoms with Gasteiger partial charge in [0.05, 0.1) is 11.3 Å². The van der Waals surface area contributed by atoms with Gasteiger partial charge in [-0.2, -0.15) is 13.2 Å². The summed E-state index contributed by atoms with van der Waals surface area (Å²) in [6, 6.07) is 12.8. The minimum absolute atomic E-state index is 0.103. The van der Waals surface area contributed by atoms with Crippen molar-refractivity contribution < 1.29 is 32.3 Å². The number of amides is 2. The van der Waals surface area contributed by atoms with Crippen LogP contribution in [-0.4, -0.2) is 35.6 Å². The van der Waals surface area contributed by atoms with E-state index in [1.54, 1.807) is 56.0 Å². The van der Waals surface area contributed by atoms with Gasteiger partial charge < -0.3 is 14.5 Å². The molecule has 2 aromatic carbocycles. The molecule has 0 unspecified atom stereocenters. The maximum atomic E-state index is 13.3. The number of hydrogen-bond acceptors (Lipinski definition) is 4. The molecule has 2 amide bonds. The Bertz CT molecular complexity index is 948. The number of anilines is 1. The van der Waals surface area contributed by atoms with Crippen molar-refractivity contribution in [1.29, 1.82) is 0 Å². The number of halogens is 3. The first-order valence-corrected chi connectivity index (χ1v) is 10.7. The van der Waals surface area contributed by atoms with Crippen molar-refractivity contribution >= 4 is 17.7 Å². The number of ether oxygens (including phenoxy) is 1. The molecule has 2 aromatic rings. The van der Waals surface area contributed by atoms with Crippen LogP contribution in [0.5, 0.6) is 5.75 Å². The Labute approximate surface area is 190 Å². The molecule has 1 fully saturated rings. The van der Waals surface area contributed by atoms with Gasteiger partial charge in [0.15, 0.2) is 5.75 Å². The number of hydroxylamine groups is 1. The molecule has 33 heavy (non-hydrogen) atoms. The Morgan fingerprint density at radius 1 is 0.939 bits per heavy atom. The van der Waals surface area contributed by atoms with E-state index in [9.17, 15) is 22.8 Å². The monoisotopic (exact) mass is 464 g/mol. The number of carbonyl (C=O) groups is 2. The molecule has 3 rings (SSSR count). The molecule has 0 spiro atoms. The normalized spacial score (nSPS) is 15.2. The van der Waals surface area contributed by atoms with E-state index in [0.29, 0.717) is 31.6 Å².